The third-order valence-electron chi connectivity index (χ3n) is 3.79. The summed E-state index contributed by atoms with van der Waals surface area (Å²) >= 11 is 2.35. The molecule has 0 bridgehead atoms. The molecule has 1 heterocycles. The lowest BCUT2D eigenvalue weighted by atomic mass is 10.1. The minimum Gasteiger partial charge on any atom is -0.496 e. The molecule has 0 aliphatic heterocycles. The number of anilines is 2. The summed E-state index contributed by atoms with van der Waals surface area (Å²) in [6, 6.07) is 9.40. The Morgan fingerprint density at radius 3 is 2.71 bits per heavy atom. The van der Waals surface area contributed by atoms with Crippen LogP contribution < -0.4 is 10.1 Å². The summed E-state index contributed by atoms with van der Waals surface area (Å²) in [5.74, 6) is -0.245. The van der Waals surface area contributed by atoms with Gasteiger partial charge in [-0.25, -0.2) is 18.7 Å². The highest BCUT2D eigenvalue weighted by molar-refractivity contribution is 9.10. The normalized spacial score (nSPS) is 12.6. The third-order valence-corrected chi connectivity index (χ3v) is 5.07. The highest BCUT2D eigenvalue weighted by Crippen LogP contribution is 2.32. The highest BCUT2D eigenvalue weighted by atomic mass is 79.9. The lowest BCUT2D eigenvalue weighted by Gasteiger charge is -2.13. The molecule has 2 N–H and O–H groups in total. The highest BCUT2D eigenvalue weighted by Gasteiger charge is 2.15. The van der Waals surface area contributed by atoms with Gasteiger partial charge < -0.3 is 14.6 Å². The van der Waals surface area contributed by atoms with Crippen LogP contribution in [0.15, 0.2) is 47.1 Å². The summed E-state index contributed by atoms with van der Waals surface area (Å²) in [6.45, 7) is 0. The minimum absolute atomic E-state index is 0.00277. The average molecular weight is 470 g/mol. The fourth-order valence-electron chi connectivity index (χ4n) is 2.68. The number of aromatic nitrogens is 2. The fourth-order valence-corrected chi connectivity index (χ4v) is 3.94. The van der Waals surface area contributed by atoms with Gasteiger partial charge in [0.1, 0.15) is 17.3 Å². The molecule has 5 nitrogen and oxygen atoms in total. The summed E-state index contributed by atoms with van der Waals surface area (Å²) in [7, 11) is 1.38. The van der Waals surface area contributed by atoms with E-state index in [4.69, 9.17) is 4.74 Å². The van der Waals surface area contributed by atoms with Gasteiger partial charge in [-0.05, 0) is 42.2 Å². The van der Waals surface area contributed by atoms with E-state index in [0.717, 1.165) is 16.2 Å². The minimum atomic E-state index is -1.08. The van der Waals surface area contributed by atoms with Crippen molar-refractivity contribution in [3.8, 4) is 17.0 Å². The van der Waals surface area contributed by atoms with Crippen molar-refractivity contribution >= 4 is 38.7 Å². The van der Waals surface area contributed by atoms with Crippen molar-refractivity contribution in [1.29, 1.82) is 0 Å². The van der Waals surface area contributed by atoms with Crippen LogP contribution in [0.3, 0.4) is 0 Å². The Balaban J connectivity index is 1.96. The summed E-state index contributed by atoms with van der Waals surface area (Å²) in [6.07, 6.45) is 2.82. The molecule has 0 aliphatic rings. The zero-order valence-corrected chi connectivity index (χ0v) is 17.6. The Bertz CT molecular complexity index is 1000. The Morgan fingerprint density at radius 2 is 2.00 bits per heavy atom. The number of halogens is 3. The fraction of sp³-hybridized carbons (Fsp3) is 0.158. The van der Waals surface area contributed by atoms with Gasteiger partial charge in [0.15, 0.2) is 5.82 Å². The number of nitrogens with zero attached hydrogens (tertiary/aromatic N) is 2. The van der Waals surface area contributed by atoms with E-state index in [1.54, 1.807) is 6.26 Å². The predicted molar refractivity (Wildman–Crippen MR) is 113 cm³/mol. The van der Waals surface area contributed by atoms with Gasteiger partial charge in [0.2, 0.25) is 5.95 Å². The lowest BCUT2D eigenvalue weighted by molar-refractivity contribution is 0.412. The molecule has 3 rings (SSSR count). The number of ether oxygens (including phenoxy) is 1. The number of hydrogen-bond acceptors (Lipinski definition) is 5. The van der Waals surface area contributed by atoms with Gasteiger partial charge in [0.25, 0.3) is 0 Å². The zero-order chi connectivity index (χ0) is 20.3. The van der Waals surface area contributed by atoms with Crippen molar-refractivity contribution in [1.82, 2.24) is 9.97 Å². The molecule has 0 saturated heterocycles. The topological polar surface area (TPSA) is 67.3 Å². The van der Waals surface area contributed by atoms with Crippen LogP contribution in [0.2, 0.25) is 0 Å². The number of methoxy groups -OCH3 is 1. The van der Waals surface area contributed by atoms with E-state index in [0.29, 0.717) is 17.0 Å². The van der Waals surface area contributed by atoms with Gasteiger partial charge in [-0.15, -0.1) is 11.2 Å². The van der Waals surface area contributed by atoms with Crippen molar-refractivity contribution < 1.29 is 18.1 Å². The maximum absolute atomic E-state index is 14.3. The van der Waals surface area contributed by atoms with Crippen LogP contribution in [-0.2, 0) is 5.75 Å². The number of nitrogens with one attached hydrogen (secondary N) is 1. The number of rotatable bonds is 6. The summed E-state index contributed by atoms with van der Waals surface area (Å²) in [5, 5.41) is 3.04. The SMILES string of the molecule is COc1cc(F)ccc1-c1nc(Nc2cc(Br)cc(C[SH](C)O)c2)ncc1F. The molecule has 2 aromatic carbocycles. The van der Waals surface area contributed by atoms with Gasteiger partial charge in [-0.3, -0.25) is 0 Å². The van der Waals surface area contributed by atoms with Gasteiger partial charge >= 0.3 is 0 Å². The molecule has 0 saturated carbocycles. The van der Waals surface area contributed by atoms with Crippen LogP contribution in [0.25, 0.3) is 11.3 Å². The summed E-state index contributed by atoms with van der Waals surface area (Å²) in [5.41, 5.74) is 1.94. The second-order valence-corrected chi connectivity index (χ2v) is 8.57. The Kier molecular flexibility index (Phi) is 6.48. The average Bonchev–Trinajstić information content (AvgIpc) is 2.62. The van der Waals surface area contributed by atoms with E-state index >= 15 is 0 Å². The number of benzene rings is 2. The van der Waals surface area contributed by atoms with Crippen molar-refractivity contribution in [2.24, 2.45) is 0 Å². The molecule has 0 spiro atoms. The third kappa shape index (κ3) is 4.98. The molecule has 1 aromatic heterocycles. The van der Waals surface area contributed by atoms with Crippen LogP contribution in [0.1, 0.15) is 5.56 Å². The first kappa shape index (κ1) is 20.5. The quantitative estimate of drug-likeness (QED) is 0.413. The molecular weight excluding hydrogens is 452 g/mol. The standard InChI is InChI=1S/C19H18BrF2N3O2S/c1-27-17-8-13(21)3-4-15(17)18-16(22)9-23-19(25-18)24-14-6-11(10-28(2)26)5-12(20)7-14/h3-9,26,28H,10H2,1-2H3,(H,23,24,25). The largest absolute Gasteiger partial charge is 0.496 e. The van der Waals surface area contributed by atoms with Gasteiger partial charge in [0, 0.05) is 27.5 Å². The van der Waals surface area contributed by atoms with Crippen molar-refractivity contribution in [3.63, 3.8) is 0 Å². The van der Waals surface area contributed by atoms with Crippen LogP contribution in [-0.4, -0.2) is 27.9 Å². The van der Waals surface area contributed by atoms with Crippen LogP contribution in [0, 0.1) is 11.6 Å². The van der Waals surface area contributed by atoms with Crippen LogP contribution in [0.5, 0.6) is 5.75 Å². The van der Waals surface area contributed by atoms with Crippen molar-refractivity contribution in [3.05, 3.63) is 64.3 Å². The van der Waals surface area contributed by atoms with E-state index in [2.05, 4.69) is 31.2 Å². The Labute approximate surface area is 172 Å². The van der Waals surface area contributed by atoms with E-state index in [9.17, 15) is 13.3 Å². The van der Waals surface area contributed by atoms with E-state index in [1.165, 1.54) is 25.3 Å². The smallest absolute Gasteiger partial charge is 0.227 e. The molecule has 0 aliphatic carbocycles. The van der Waals surface area contributed by atoms with Gasteiger partial charge in [-0.1, -0.05) is 15.9 Å². The van der Waals surface area contributed by atoms with Crippen molar-refractivity contribution in [2.75, 3.05) is 18.7 Å². The van der Waals surface area contributed by atoms with Crippen LogP contribution >= 0.6 is 27.1 Å². The molecule has 148 valence electrons. The van der Waals surface area contributed by atoms with Crippen molar-refractivity contribution in [2.45, 2.75) is 5.75 Å². The predicted octanol–water partition coefficient (Wildman–Crippen LogP) is 5.54. The number of hydrogen-bond donors (Lipinski definition) is 3. The molecule has 28 heavy (non-hydrogen) atoms. The molecule has 0 radical (unpaired) electrons. The van der Waals surface area contributed by atoms with E-state index < -0.39 is 22.8 Å². The second kappa shape index (κ2) is 8.85. The molecule has 0 amide bonds. The second-order valence-electron chi connectivity index (χ2n) is 6.02. The number of thiol groups is 1. The molecule has 1 atom stereocenters. The van der Waals surface area contributed by atoms with E-state index in [-0.39, 0.29) is 17.4 Å². The zero-order valence-electron chi connectivity index (χ0n) is 15.1. The summed E-state index contributed by atoms with van der Waals surface area (Å²) in [4.78, 5) is 8.22. The van der Waals surface area contributed by atoms with Crippen LogP contribution in [0.4, 0.5) is 20.4 Å². The van der Waals surface area contributed by atoms with E-state index in [1.807, 2.05) is 18.2 Å². The molecule has 9 heteroatoms. The first-order valence-corrected chi connectivity index (χ1v) is 10.9. The monoisotopic (exact) mass is 469 g/mol. The molecule has 3 aromatic rings. The Hall–Kier alpha value is -2.23. The van der Waals surface area contributed by atoms with Gasteiger partial charge in [0.05, 0.1) is 13.3 Å². The first-order valence-electron chi connectivity index (χ1n) is 8.18. The molecule has 0 fully saturated rings. The first-order chi connectivity index (χ1) is 13.4. The van der Waals surface area contributed by atoms with Gasteiger partial charge in [-0.2, -0.15) is 0 Å². The lowest BCUT2D eigenvalue weighted by Crippen LogP contribution is -2.02. The maximum atomic E-state index is 14.3. The maximum Gasteiger partial charge on any atom is 0.227 e. The molecule has 1 unspecified atom stereocenters. The Morgan fingerprint density at radius 1 is 1.21 bits per heavy atom. The summed E-state index contributed by atoms with van der Waals surface area (Å²) < 4.78 is 43.4. The molecular formula is C19H18BrF2N3O2S.